The Labute approximate surface area is 238 Å². The van der Waals surface area contributed by atoms with E-state index in [2.05, 4.69) is 21.2 Å². The summed E-state index contributed by atoms with van der Waals surface area (Å²) in [6.45, 7) is 2.10. The van der Waals surface area contributed by atoms with Gasteiger partial charge in [0.2, 0.25) is 21.8 Å². The van der Waals surface area contributed by atoms with Gasteiger partial charge in [0.25, 0.3) is 0 Å². The number of amides is 2. The molecule has 208 valence electrons. The fraction of sp³-hybridized carbons (Fsp3) is 0.481. The highest BCUT2D eigenvalue weighted by atomic mass is 79.9. The molecule has 1 saturated carbocycles. The fourth-order valence-electron chi connectivity index (χ4n) is 4.58. The predicted molar refractivity (Wildman–Crippen MR) is 154 cm³/mol. The second-order valence-electron chi connectivity index (χ2n) is 9.57. The molecule has 8 nitrogen and oxygen atoms in total. The maximum absolute atomic E-state index is 13.4. The van der Waals surface area contributed by atoms with E-state index < -0.39 is 16.1 Å². The zero-order valence-corrected chi connectivity index (χ0v) is 25.1. The summed E-state index contributed by atoms with van der Waals surface area (Å²) in [7, 11) is -2.15. The lowest BCUT2D eigenvalue weighted by atomic mass is 10.1. The molecule has 0 saturated heterocycles. The zero-order chi connectivity index (χ0) is 27.9. The molecule has 0 heterocycles. The van der Waals surface area contributed by atoms with Crippen LogP contribution in [0.3, 0.4) is 0 Å². The molecule has 0 radical (unpaired) electrons. The number of rotatable bonds is 12. The van der Waals surface area contributed by atoms with E-state index >= 15 is 0 Å². The molecule has 1 aliphatic rings. The van der Waals surface area contributed by atoms with Crippen molar-refractivity contribution in [3.05, 3.63) is 57.5 Å². The van der Waals surface area contributed by atoms with E-state index in [4.69, 9.17) is 16.3 Å². The molecule has 2 aromatic rings. The molecule has 11 heteroatoms. The maximum atomic E-state index is 13.4. The molecular formula is C27H35BrClN3O5S. The Hall–Kier alpha value is -2.30. The van der Waals surface area contributed by atoms with Gasteiger partial charge in [-0.1, -0.05) is 52.5 Å². The van der Waals surface area contributed by atoms with Crippen LogP contribution < -0.4 is 14.4 Å². The van der Waals surface area contributed by atoms with E-state index in [0.29, 0.717) is 11.4 Å². The minimum Gasteiger partial charge on any atom is -0.495 e. The molecule has 0 aromatic heterocycles. The quantitative estimate of drug-likeness (QED) is 0.352. The molecule has 1 fully saturated rings. The molecule has 38 heavy (non-hydrogen) atoms. The van der Waals surface area contributed by atoms with E-state index in [-0.39, 0.29) is 48.8 Å². The highest BCUT2D eigenvalue weighted by molar-refractivity contribution is 9.10. The Morgan fingerprint density at radius 1 is 1.16 bits per heavy atom. The van der Waals surface area contributed by atoms with Crippen LogP contribution in [-0.2, 0) is 26.2 Å². The number of ether oxygens (including phenoxy) is 1. The monoisotopic (exact) mass is 627 g/mol. The second kappa shape index (κ2) is 13.7. The smallest absolute Gasteiger partial charge is 0.242 e. The van der Waals surface area contributed by atoms with Crippen LogP contribution in [0.4, 0.5) is 5.69 Å². The molecular weight excluding hydrogens is 594 g/mol. The minimum atomic E-state index is -3.63. The molecule has 2 amide bonds. The van der Waals surface area contributed by atoms with Crippen LogP contribution in [0.5, 0.6) is 5.75 Å². The first-order chi connectivity index (χ1) is 18.0. The minimum absolute atomic E-state index is 0.0769. The number of halogens is 2. The summed E-state index contributed by atoms with van der Waals surface area (Å²) in [6, 6.07) is 11.8. The summed E-state index contributed by atoms with van der Waals surface area (Å²) in [6.07, 6.45) is 5.55. The lowest BCUT2D eigenvalue weighted by molar-refractivity contribution is -0.141. The molecule has 0 spiro atoms. The van der Waals surface area contributed by atoms with Gasteiger partial charge >= 0.3 is 0 Å². The van der Waals surface area contributed by atoms with Crippen molar-refractivity contribution in [3.8, 4) is 5.75 Å². The fourth-order valence-corrected chi connectivity index (χ4v) is 6.05. The molecule has 1 N–H and O–H groups in total. The van der Waals surface area contributed by atoms with Crippen LogP contribution >= 0.6 is 27.5 Å². The number of nitrogens with zero attached hydrogens (tertiary/aromatic N) is 2. The third kappa shape index (κ3) is 8.35. The van der Waals surface area contributed by atoms with Gasteiger partial charge in [0.15, 0.2) is 0 Å². The van der Waals surface area contributed by atoms with Crippen molar-refractivity contribution >= 4 is 55.1 Å². The van der Waals surface area contributed by atoms with Crippen LogP contribution in [0.25, 0.3) is 0 Å². The van der Waals surface area contributed by atoms with Crippen LogP contribution in [0.1, 0.15) is 51.0 Å². The maximum Gasteiger partial charge on any atom is 0.242 e. The Kier molecular flexibility index (Phi) is 10.9. The van der Waals surface area contributed by atoms with Gasteiger partial charge in [-0.2, -0.15) is 0 Å². The third-order valence-corrected chi connectivity index (χ3v) is 8.73. The molecule has 0 bridgehead atoms. The SMILES string of the molecule is COc1ccc(N(CCCC(=O)N(Cc2ccc(Br)cc2)C(C)C(=O)NC2CCCC2)S(C)(=O)=O)cc1Cl. The Bertz CT molecular complexity index is 1220. The van der Waals surface area contributed by atoms with Gasteiger partial charge in [-0.05, 0) is 62.1 Å². The van der Waals surface area contributed by atoms with Crippen molar-refractivity contribution in [2.24, 2.45) is 0 Å². The average Bonchev–Trinajstić information content (AvgIpc) is 3.38. The first kappa shape index (κ1) is 30.2. The van der Waals surface area contributed by atoms with Crippen molar-refractivity contribution in [1.29, 1.82) is 0 Å². The Morgan fingerprint density at radius 2 is 1.82 bits per heavy atom. The highest BCUT2D eigenvalue weighted by Crippen LogP contribution is 2.30. The number of anilines is 1. The van der Waals surface area contributed by atoms with Gasteiger partial charge in [0.1, 0.15) is 11.8 Å². The van der Waals surface area contributed by atoms with E-state index in [1.165, 1.54) is 17.5 Å². The number of carbonyl (C=O) groups excluding carboxylic acids is 2. The van der Waals surface area contributed by atoms with Gasteiger partial charge in [-0.25, -0.2) is 8.42 Å². The van der Waals surface area contributed by atoms with E-state index in [1.54, 1.807) is 24.0 Å². The van der Waals surface area contributed by atoms with Crippen LogP contribution in [0.15, 0.2) is 46.9 Å². The number of methoxy groups -OCH3 is 1. The highest BCUT2D eigenvalue weighted by Gasteiger charge is 2.29. The summed E-state index contributed by atoms with van der Waals surface area (Å²) in [5.74, 6) is 0.0451. The van der Waals surface area contributed by atoms with Crippen molar-refractivity contribution in [2.75, 3.05) is 24.2 Å². The lowest BCUT2D eigenvalue weighted by Gasteiger charge is -2.30. The summed E-state index contributed by atoms with van der Waals surface area (Å²) < 4.78 is 32.4. The number of benzene rings is 2. The molecule has 1 aliphatic carbocycles. The van der Waals surface area contributed by atoms with Crippen molar-refractivity contribution in [3.63, 3.8) is 0 Å². The molecule has 2 aromatic carbocycles. The number of hydrogen-bond donors (Lipinski definition) is 1. The van der Waals surface area contributed by atoms with E-state index in [9.17, 15) is 18.0 Å². The van der Waals surface area contributed by atoms with Crippen LogP contribution in [0.2, 0.25) is 5.02 Å². The third-order valence-electron chi connectivity index (χ3n) is 6.71. The first-order valence-electron chi connectivity index (χ1n) is 12.6. The van der Waals surface area contributed by atoms with E-state index in [0.717, 1.165) is 42.0 Å². The van der Waals surface area contributed by atoms with E-state index in [1.807, 2.05) is 24.3 Å². The molecule has 1 atom stereocenters. The summed E-state index contributed by atoms with van der Waals surface area (Å²) in [5.41, 5.74) is 1.29. The summed E-state index contributed by atoms with van der Waals surface area (Å²) in [4.78, 5) is 28.1. The van der Waals surface area contributed by atoms with Crippen LogP contribution in [0, 0.1) is 0 Å². The molecule has 0 aliphatic heterocycles. The van der Waals surface area contributed by atoms with Gasteiger partial charge in [-0.3, -0.25) is 13.9 Å². The lowest BCUT2D eigenvalue weighted by Crippen LogP contribution is -2.49. The standard InChI is InChI=1S/C27H35BrClN3O5S/c1-19(27(34)30-22-7-4-5-8-22)31(18-20-10-12-21(28)13-11-20)26(33)9-6-16-32(38(3,35)36)23-14-15-25(37-2)24(29)17-23/h10-15,17,19,22H,4-9,16,18H2,1-3H3,(H,30,34). The topological polar surface area (TPSA) is 96.0 Å². The summed E-state index contributed by atoms with van der Waals surface area (Å²) in [5, 5.41) is 3.38. The van der Waals surface area contributed by atoms with Gasteiger partial charge in [-0.15, -0.1) is 0 Å². The van der Waals surface area contributed by atoms with Gasteiger partial charge < -0.3 is 15.0 Å². The predicted octanol–water partition coefficient (Wildman–Crippen LogP) is 5.13. The van der Waals surface area contributed by atoms with Crippen molar-refractivity contribution in [2.45, 2.75) is 64.1 Å². The number of hydrogen-bond acceptors (Lipinski definition) is 5. The van der Waals surface area contributed by atoms with Crippen molar-refractivity contribution in [1.82, 2.24) is 10.2 Å². The number of nitrogens with one attached hydrogen (secondary N) is 1. The molecule has 1 unspecified atom stereocenters. The Morgan fingerprint density at radius 3 is 2.39 bits per heavy atom. The zero-order valence-electron chi connectivity index (χ0n) is 22.0. The molecule has 3 rings (SSSR count). The van der Waals surface area contributed by atoms with Crippen molar-refractivity contribution < 1.29 is 22.7 Å². The average molecular weight is 629 g/mol. The summed E-state index contributed by atoms with van der Waals surface area (Å²) >= 11 is 9.64. The normalized spacial score (nSPS) is 14.7. The Balaban J connectivity index is 1.72. The van der Waals surface area contributed by atoms with Gasteiger partial charge in [0.05, 0.1) is 24.1 Å². The number of carbonyl (C=O) groups is 2. The first-order valence-corrected chi connectivity index (χ1v) is 15.7. The van der Waals surface area contributed by atoms with Gasteiger partial charge in [0, 0.05) is 30.0 Å². The second-order valence-corrected chi connectivity index (χ2v) is 12.8. The number of sulfonamides is 1. The van der Waals surface area contributed by atoms with Crippen LogP contribution in [-0.4, -0.2) is 57.1 Å². The largest absolute Gasteiger partial charge is 0.495 e.